The molecular formula is C20H19ClN4O3S2. The van der Waals surface area contributed by atoms with E-state index in [4.69, 9.17) is 17.3 Å². The number of piperazine rings is 1. The van der Waals surface area contributed by atoms with E-state index in [1.165, 1.54) is 4.31 Å². The molecule has 0 unspecified atom stereocenters. The average molecular weight is 463 g/mol. The molecule has 3 heterocycles. The Morgan fingerprint density at radius 2 is 2.07 bits per heavy atom. The zero-order valence-corrected chi connectivity index (χ0v) is 18.3. The molecule has 0 bridgehead atoms. The van der Waals surface area contributed by atoms with Crippen molar-refractivity contribution in [3.63, 3.8) is 0 Å². The van der Waals surface area contributed by atoms with Gasteiger partial charge in [0, 0.05) is 53.0 Å². The number of benzene rings is 1. The predicted octanol–water partition coefficient (Wildman–Crippen LogP) is 3.08. The number of anilines is 1. The van der Waals surface area contributed by atoms with Gasteiger partial charge in [-0.05, 0) is 29.7 Å². The molecule has 30 heavy (non-hydrogen) atoms. The van der Waals surface area contributed by atoms with Gasteiger partial charge in [0.25, 0.3) is 10.0 Å². The summed E-state index contributed by atoms with van der Waals surface area (Å²) in [6.07, 6.45) is 6.89. The summed E-state index contributed by atoms with van der Waals surface area (Å²) in [5.74, 6) is -0.238. The smallest absolute Gasteiger partial charge is 0.253 e. The fourth-order valence-corrected chi connectivity index (χ4v) is 6.39. The number of carbonyl (C=O) groups excluding carboxylic acids is 1. The Hall–Kier alpha value is -2.46. The van der Waals surface area contributed by atoms with Crippen molar-refractivity contribution in [2.24, 2.45) is 0 Å². The molecule has 7 nitrogen and oxygen atoms in total. The summed E-state index contributed by atoms with van der Waals surface area (Å²) in [7, 11) is -3.74. The predicted molar refractivity (Wildman–Crippen MR) is 120 cm³/mol. The summed E-state index contributed by atoms with van der Waals surface area (Å²) in [4.78, 5) is 18.2. The SMILES string of the molecule is Nc1ccncc1/C=C/CN1CCN(S(=O)(=O)c2cc3ccc(Cl)cc3s2)CC1=O. The van der Waals surface area contributed by atoms with Crippen molar-refractivity contribution < 1.29 is 13.2 Å². The molecule has 0 aliphatic carbocycles. The van der Waals surface area contributed by atoms with E-state index in [0.717, 1.165) is 27.0 Å². The van der Waals surface area contributed by atoms with Crippen molar-refractivity contribution in [2.75, 3.05) is 31.9 Å². The molecule has 1 aromatic carbocycles. The molecular weight excluding hydrogens is 444 g/mol. The van der Waals surface area contributed by atoms with Crippen LogP contribution in [0.3, 0.4) is 0 Å². The lowest BCUT2D eigenvalue weighted by molar-refractivity contribution is -0.133. The van der Waals surface area contributed by atoms with Crippen molar-refractivity contribution in [3.8, 4) is 0 Å². The van der Waals surface area contributed by atoms with Crippen LogP contribution in [-0.4, -0.2) is 54.7 Å². The van der Waals surface area contributed by atoms with E-state index in [1.807, 2.05) is 6.08 Å². The molecule has 1 aliphatic rings. The van der Waals surface area contributed by atoms with E-state index >= 15 is 0 Å². The third-order valence-electron chi connectivity index (χ3n) is 4.85. The minimum atomic E-state index is -3.74. The summed E-state index contributed by atoms with van der Waals surface area (Å²) in [6, 6.07) is 8.59. The number of fused-ring (bicyclic) bond motifs is 1. The molecule has 0 saturated carbocycles. The number of rotatable bonds is 5. The van der Waals surface area contributed by atoms with Gasteiger partial charge in [-0.1, -0.05) is 29.8 Å². The number of hydrogen-bond donors (Lipinski definition) is 1. The molecule has 156 valence electrons. The van der Waals surface area contributed by atoms with Gasteiger partial charge in [0.1, 0.15) is 4.21 Å². The second-order valence-electron chi connectivity index (χ2n) is 6.83. The number of amides is 1. The largest absolute Gasteiger partial charge is 0.398 e. The van der Waals surface area contributed by atoms with Crippen molar-refractivity contribution in [2.45, 2.75) is 4.21 Å². The van der Waals surface area contributed by atoms with E-state index in [9.17, 15) is 13.2 Å². The first-order valence-corrected chi connectivity index (χ1v) is 11.8. The number of aromatic nitrogens is 1. The number of halogens is 1. The highest BCUT2D eigenvalue weighted by Crippen LogP contribution is 2.33. The van der Waals surface area contributed by atoms with Crippen LogP contribution >= 0.6 is 22.9 Å². The number of nitrogens with two attached hydrogens (primary N) is 1. The fraction of sp³-hybridized carbons (Fsp3) is 0.200. The molecule has 1 amide bonds. The minimum absolute atomic E-state index is 0.180. The zero-order valence-electron chi connectivity index (χ0n) is 15.9. The Bertz CT molecular complexity index is 1240. The van der Waals surface area contributed by atoms with Crippen LogP contribution in [0.4, 0.5) is 5.69 Å². The lowest BCUT2D eigenvalue weighted by Crippen LogP contribution is -2.51. The van der Waals surface area contributed by atoms with Crippen LogP contribution in [0.1, 0.15) is 5.56 Å². The van der Waals surface area contributed by atoms with Gasteiger partial charge in [0.15, 0.2) is 0 Å². The highest BCUT2D eigenvalue weighted by Gasteiger charge is 2.33. The summed E-state index contributed by atoms with van der Waals surface area (Å²) >= 11 is 7.16. The summed E-state index contributed by atoms with van der Waals surface area (Å²) in [5, 5.41) is 1.37. The lowest BCUT2D eigenvalue weighted by Gasteiger charge is -2.32. The number of nitrogen functional groups attached to an aromatic ring is 1. The van der Waals surface area contributed by atoms with Gasteiger partial charge in [-0.3, -0.25) is 9.78 Å². The van der Waals surface area contributed by atoms with Gasteiger partial charge in [-0.25, -0.2) is 8.42 Å². The van der Waals surface area contributed by atoms with Crippen LogP contribution in [0.2, 0.25) is 5.02 Å². The quantitative estimate of drug-likeness (QED) is 0.628. The third-order valence-corrected chi connectivity index (χ3v) is 8.47. The van der Waals surface area contributed by atoms with Gasteiger partial charge in [-0.15, -0.1) is 11.3 Å². The van der Waals surface area contributed by atoms with Gasteiger partial charge in [0.05, 0.1) is 6.54 Å². The summed E-state index contributed by atoms with van der Waals surface area (Å²) < 4.78 is 28.3. The minimum Gasteiger partial charge on any atom is -0.398 e. The second-order valence-corrected chi connectivity index (χ2v) is 10.5. The van der Waals surface area contributed by atoms with Gasteiger partial charge < -0.3 is 10.6 Å². The Morgan fingerprint density at radius 1 is 1.23 bits per heavy atom. The number of carbonyl (C=O) groups is 1. The molecule has 1 aliphatic heterocycles. The first-order valence-electron chi connectivity index (χ1n) is 9.17. The Morgan fingerprint density at radius 3 is 2.83 bits per heavy atom. The van der Waals surface area contributed by atoms with Crippen molar-refractivity contribution >= 4 is 60.7 Å². The van der Waals surface area contributed by atoms with Gasteiger partial charge in [-0.2, -0.15) is 4.31 Å². The van der Waals surface area contributed by atoms with Crippen LogP contribution in [0, 0.1) is 0 Å². The number of pyridine rings is 1. The van der Waals surface area contributed by atoms with Crippen LogP contribution < -0.4 is 5.73 Å². The number of hydrogen-bond acceptors (Lipinski definition) is 6. The molecule has 0 spiro atoms. The van der Waals surface area contributed by atoms with E-state index in [1.54, 1.807) is 53.7 Å². The zero-order chi connectivity index (χ0) is 21.3. The van der Waals surface area contributed by atoms with Crippen LogP contribution in [-0.2, 0) is 14.8 Å². The molecule has 0 atom stereocenters. The van der Waals surface area contributed by atoms with Crippen LogP contribution in [0.25, 0.3) is 16.2 Å². The molecule has 1 saturated heterocycles. The highest BCUT2D eigenvalue weighted by molar-refractivity contribution is 7.91. The van der Waals surface area contributed by atoms with Gasteiger partial charge >= 0.3 is 0 Å². The number of sulfonamides is 1. The highest BCUT2D eigenvalue weighted by atomic mass is 35.5. The molecule has 4 rings (SSSR count). The third kappa shape index (κ3) is 4.20. The molecule has 2 aromatic heterocycles. The summed E-state index contributed by atoms with van der Waals surface area (Å²) in [5.41, 5.74) is 7.25. The lowest BCUT2D eigenvalue weighted by atomic mass is 10.2. The maximum Gasteiger partial charge on any atom is 0.253 e. The van der Waals surface area contributed by atoms with Crippen molar-refractivity contribution in [3.05, 3.63) is 59.4 Å². The van der Waals surface area contributed by atoms with Crippen LogP contribution in [0.15, 0.2) is 53.0 Å². The maximum atomic E-state index is 13.0. The van der Waals surface area contributed by atoms with E-state index in [2.05, 4.69) is 4.98 Å². The van der Waals surface area contributed by atoms with E-state index in [0.29, 0.717) is 23.8 Å². The van der Waals surface area contributed by atoms with Crippen molar-refractivity contribution in [1.29, 1.82) is 0 Å². The molecule has 10 heteroatoms. The Kier molecular flexibility index (Phi) is 5.79. The van der Waals surface area contributed by atoms with E-state index < -0.39 is 10.0 Å². The van der Waals surface area contributed by atoms with Crippen LogP contribution in [0.5, 0.6) is 0 Å². The monoisotopic (exact) mass is 462 g/mol. The fourth-order valence-electron chi connectivity index (χ4n) is 3.18. The number of thiophene rings is 1. The Balaban J connectivity index is 1.44. The van der Waals surface area contributed by atoms with E-state index in [-0.39, 0.29) is 23.2 Å². The standard InChI is InChI=1S/C20H19ClN4O3S2/c21-16-4-3-14-10-20(29-18(14)11-16)30(27,28)25-9-8-24(19(26)13-25)7-1-2-15-12-23-6-5-17(15)22/h1-6,10-12H,7-9,13H2,(H2,22,23)/b2-1+. The number of nitrogens with zero attached hydrogens (tertiary/aromatic N) is 3. The average Bonchev–Trinajstić information content (AvgIpc) is 3.14. The Labute approximate surface area is 183 Å². The maximum absolute atomic E-state index is 13.0. The molecule has 0 radical (unpaired) electrons. The normalized spacial score (nSPS) is 16.0. The molecule has 1 fully saturated rings. The molecule has 3 aromatic rings. The van der Waals surface area contributed by atoms with Gasteiger partial charge in [0.2, 0.25) is 5.91 Å². The van der Waals surface area contributed by atoms with Crippen molar-refractivity contribution in [1.82, 2.24) is 14.2 Å². The first kappa shape index (κ1) is 20.8. The first-order chi connectivity index (χ1) is 14.3. The molecule has 2 N–H and O–H groups in total. The summed E-state index contributed by atoms with van der Waals surface area (Å²) in [6.45, 7) is 0.760. The second kappa shape index (κ2) is 8.35. The topological polar surface area (TPSA) is 96.6 Å².